The zero-order valence-electron chi connectivity index (χ0n) is 11.7. The van der Waals surface area contributed by atoms with E-state index in [2.05, 4.69) is 0 Å². The van der Waals surface area contributed by atoms with Crippen LogP contribution in [0.1, 0.15) is 43.6 Å². The molecule has 1 aromatic carbocycles. The Hall–Kier alpha value is -1.97. The Morgan fingerprint density at radius 1 is 1.21 bits per heavy atom. The van der Waals surface area contributed by atoms with Crippen molar-refractivity contribution < 1.29 is 20.1 Å². The van der Waals surface area contributed by atoms with E-state index >= 15 is 0 Å². The van der Waals surface area contributed by atoms with Gasteiger partial charge >= 0.3 is 0 Å². The molecule has 0 aliphatic heterocycles. The molecule has 0 saturated heterocycles. The van der Waals surface area contributed by atoms with Gasteiger partial charge < -0.3 is 15.3 Å². The van der Waals surface area contributed by atoms with E-state index in [0.717, 1.165) is 11.6 Å². The topological polar surface area (TPSA) is 77.8 Å². The van der Waals surface area contributed by atoms with Crippen molar-refractivity contribution in [3.63, 3.8) is 0 Å². The average Bonchev–Trinajstić information content (AvgIpc) is 2.27. The zero-order chi connectivity index (χ0) is 14.7. The summed E-state index contributed by atoms with van der Waals surface area (Å²) in [5.74, 6) is -1.65. The van der Waals surface area contributed by atoms with Crippen LogP contribution in [-0.4, -0.2) is 21.1 Å². The summed E-state index contributed by atoms with van der Waals surface area (Å²) in [6, 6.07) is 1.10. The fourth-order valence-electron chi connectivity index (χ4n) is 1.72. The summed E-state index contributed by atoms with van der Waals surface area (Å²) in [7, 11) is 0. The number of aromatic hydroxyl groups is 3. The second-order valence-electron chi connectivity index (χ2n) is 5.12. The summed E-state index contributed by atoms with van der Waals surface area (Å²) < 4.78 is 0. The molecule has 0 aliphatic carbocycles. The number of phenols is 3. The highest BCUT2D eigenvalue weighted by molar-refractivity contribution is 6.03. The third-order valence-corrected chi connectivity index (χ3v) is 2.85. The van der Waals surface area contributed by atoms with E-state index in [-0.39, 0.29) is 34.3 Å². The molecule has 0 bridgehead atoms. The maximum absolute atomic E-state index is 12.0. The van der Waals surface area contributed by atoms with Crippen LogP contribution in [0.5, 0.6) is 17.2 Å². The molecule has 0 amide bonds. The van der Waals surface area contributed by atoms with E-state index < -0.39 is 5.75 Å². The molecule has 0 unspecified atom stereocenters. The van der Waals surface area contributed by atoms with Crippen LogP contribution in [0.2, 0.25) is 0 Å². The van der Waals surface area contributed by atoms with Gasteiger partial charge in [0.2, 0.25) is 0 Å². The molecule has 4 heteroatoms. The molecular formula is C15H20O4. The number of allylic oxidation sites excluding steroid dienone is 2. The van der Waals surface area contributed by atoms with Gasteiger partial charge in [0.15, 0.2) is 5.78 Å². The molecule has 19 heavy (non-hydrogen) atoms. The quantitative estimate of drug-likeness (QED) is 0.576. The first-order valence-corrected chi connectivity index (χ1v) is 6.20. The van der Waals surface area contributed by atoms with Crippen molar-refractivity contribution in [1.29, 1.82) is 0 Å². The number of Topliss-reactive ketones (excluding diaryl/α,β-unsaturated/α-hetero) is 1. The third-order valence-electron chi connectivity index (χ3n) is 2.85. The van der Waals surface area contributed by atoms with E-state index in [0.29, 0.717) is 6.42 Å². The van der Waals surface area contributed by atoms with Crippen molar-refractivity contribution >= 4 is 5.78 Å². The lowest BCUT2D eigenvalue weighted by Gasteiger charge is -2.13. The van der Waals surface area contributed by atoms with Crippen LogP contribution in [0.3, 0.4) is 0 Å². The first-order chi connectivity index (χ1) is 8.75. The smallest absolute Gasteiger partial charge is 0.172 e. The third kappa shape index (κ3) is 3.28. The van der Waals surface area contributed by atoms with Crippen molar-refractivity contribution in [3.05, 3.63) is 28.8 Å². The first kappa shape index (κ1) is 15.1. The van der Waals surface area contributed by atoms with Gasteiger partial charge in [-0.1, -0.05) is 25.5 Å². The summed E-state index contributed by atoms with van der Waals surface area (Å²) in [5, 5.41) is 29.6. The van der Waals surface area contributed by atoms with E-state index in [1.807, 2.05) is 19.9 Å². The Labute approximate surface area is 113 Å². The summed E-state index contributed by atoms with van der Waals surface area (Å²) in [5.41, 5.74) is 1.16. The molecular weight excluding hydrogens is 244 g/mol. The highest BCUT2D eigenvalue weighted by Gasteiger charge is 2.23. The van der Waals surface area contributed by atoms with Crippen LogP contribution in [0.15, 0.2) is 17.7 Å². The van der Waals surface area contributed by atoms with Crippen LogP contribution in [0.25, 0.3) is 0 Å². The van der Waals surface area contributed by atoms with Gasteiger partial charge in [0.1, 0.15) is 22.8 Å². The molecule has 0 spiro atoms. The van der Waals surface area contributed by atoms with E-state index in [4.69, 9.17) is 0 Å². The highest BCUT2D eigenvalue weighted by atomic mass is 16.3. The summed E-state index contributed by atoms with van der Waals surface area (Å²) >= 11 is 0. The van der Waals surface area contributed by atoms with Crippen molar-refractivity contribution in [2.75, 3.05) is 0 Å². The fraction of sp³-hybridized carbons (Fsp3) is 0.400. The molecule has 0 saturated carbocycles. The molecule has 104 valence electrons. The first-order valence-electron chi connectivity index (χ1n) is 6.20. The number of ketones is 1. The van der Waals surface area contributed by atoms with Crippen molar-refractivity contribution in [2.45, 2.75) is 34.1 Å². The van der Waals surface area contributed by atoms with E-state index in [1.54, 1.807) is 13.8 Å². The largest absolute Gasteiger partial charge is 0.507 e. The minimum atomic E-state index is -0.394. The van der Waals surface area contributed by atoms with Crippen molar-refractivity contribution in [1.82, 2.24) is 0 Å². The Kier molecular flexibility index (Phi) is 4.59. The molecule has 0 fully saturated rings. The lowest BCUT2D eigenvalue weighted by molar-refractivity contribution is 0.0933. The van der Waals surface area contributed by atoms with E-state index in [1.165, 1.54) is 0 Å². The monoisotopic (exact) mass is 264 g/mol. The van der Waals surface area contributed by atoms with E-state index in [9.17, 15) is 20.1 Å². The second kappa shape index (κ2) is 5.78. The van der Waals surface area contributed by atoms with Crippen LogP contribution in [0.4, 0.5) is 0 Å². The molecule has 1 rings (SSSR count). The average molecular weight is 264 g/mol. The second-order valence-corrected chi connectivity index (χ2v) is 5.12. The minimum absolute atomic E-state index is 0.120. The molecule has 1 aromatic rings. The SMILES string of the molecule is CC(C)=CCc1c(O)cc(O)c(C(=O)C(C)C)c1O. The molecule has 0 atom stereocenters. The van der Waals surface area contributed by atoms with Crippen LogP contribution in [-0.2, 0) is 6.42 Å². The summed E-state index contributed by atoms with van der Waals surface area (Å²) in [4.78, 5) is 12.0. The van der Waals surface area contributed by atoms with Gasteiger partial charge in [0, 0.05) is 17.5 Å². The predicted molar refractivity (Wildman–Crippen MR) is 73.7 cm³/mol. The van der Waals surface area contributed by atoms with Gasteiger partial charge in [-0.05, 0) is 20.3 Å². The van der Waals surface area contributed by atoms with Gasteiger partial charge in [-0.25, -0.2) is 0 Å². The number of phenolic OH excluding ortho intramolecular Hbond substituents is 3. The number of rotatable bonds is 4. The molecule has 3 N–H and O–H groups in total. The molecule has 0 radical (unpaired) electrons. The predicted octanol–water partition coefficient (Wildman–Crippen LogP) is 3.15. The van der Waals surface area contributed by atoms with Gasteiger partial charge in [0.25, 0.3) is 0 Å². The lowest BCUT2D eigenvalue weighted by atomic mass is 9.95. The standard InChI is InChI=1S/C15H20O4/c1-8(2)5-6-10-11(16)7-12(17)13(15(10)19)14(18)9(3)4/h5,7,9,16-17,19H,6H2,1-4H3. The van der Waals surface area contributed by atoms with Gasteiger partial charge in [-0.2, -0.15) is 0 Å². The summed E-state index contributed by atoms with van der Waals surface area (Å²) in [6.07, 6.45) is 2.13. The highest BCUT2D eigenvalue weighted by Crippen LogP contribution is 2.39. The number of benzene rings is 1. The van der Waals surface area contributed by atoms with Gasteiger partial charge in [-0.3, -0.25) is 4.79 Å². The fourth-order valence-corrected chi connectivity index (χ4v) is 1.72. The Bertz CT molecular complexity index is 523. The zero-order valence-corrected chi connectivity index (χ0v) is 11.7. The molecule has 0 heterocycles. The maximum Gasteiger partial charge on any atom is 0.172 e. The maximum atomic E-state index is 12.0. The summed E-state index contributed by atoms with van der Waals surface area (Å²) in [6.45, 7) is 7.16. The number of hydrogen-bond acceptors (Lipinski definition) is 4. The van der Waals surface area contributed by atoms with Crippen molar-refractivity contribution in [3.8, 4) is 17.2 Å². The Morgan fingerprint density at radius 2 is 1.79 bits per heavy atom. The normalized spacial score (nSPS) is 10.6. The van der Waals surface area contributed by atoms with Crippen molar-refractivity contribution in [2.24, 2.45) is 5.92 Å². The minimum Gasteiger partial charge on any atom is -0.507 e. The molecule has 4 nitrogen and oxygen atoms in total. The number of carbonyl (C=O) groups excluding carboxylic acids is 1. The molecule has 0 aliphatic rings. The number of carbonyl (C=O) groups is 1. The Balaban J connectivity index is 3.38. The van der Waals surface area contributed by atoms with Gasteiger partial charge in [0.05, 0.1) is 0 Å². The Morgan fingerprint density at radius 3 is 2.26 bits per heavy atom. The molecule has 0 aromatic heterocycles. The van der Waals surface area contributed by atoms with Crippen LogP contribution in [0, 0.1) is 5.92 Å². The van der Waals surface area contributed by atoms with Gasteiger partial charge in [-0.15, -0.1) is 0 Å². The number of hydrogen-bond donors (Lipinski definition) is 3. The van der Waals surface area contributed by atoms with Crippen LogP contribution >= 0.6 is 0 Å². The lowest BCUT2D eigenvalue weighted by Crippen LogP contribution is -2.09. The van der Waals surface area contributed by atoms with Crippen LogP contribution < -0.4 is 0 Å².